The van der Waals surface area contributed by atoms with E-state index in [1.165, 1.54) is 11.1 Å². The molecule has 0 heterocycles. The monoisotopic (exact) mass is 221 g/mol. The molecule has 0 aliphatic carbocycles. The second-order valence-electron chi connectivity index (χ2n) is 4.10. The van der Waals surface area contributed by atoms with Gasteiger partial charge in [0, 0.05) is 19.3 Å². The topological polar surface area (TPSA) is 35.2 Å². The number of nitrogens with two attached hydrogens (primary N) is 1. The average Bonchev–Trinajstić information content (AvgIpc) is 2.34. The smallest absolute Gasteiger partial charge is 0.0484 e. The Morgan fingerprint density at radius 1 is 1.12 bits per heavy atom. The first-order chi connectivity index (χ1) is 7.77. The van der Waals surface area contributed by atoms with Crippen molar-refractivity contribution < 1.29 is 4.74 Å². The van der Waals surface area contributed by atoms with Crippen LogP contribution in [-0.4, -0.2) is 13.2 Å². The minimum Gasteiger partial charge on any atom is -0.381 e. The molecule has 0 saturated heterocycles. The molecular formula is C14H23NO. The highest BCUT2D eigenvalue weighted by Gasteiger charge is 2.05. The Bertz CT molecular complexity index is 281. The third kappa shape index (κ3) is 4.33. The highest BCUT2D eigenvalue weighted by atomic mass is 16.5. The third-order valence-electron chi connectivity index (χ3n) is 2.74. The summed E-state index contributed by atoms with van der Waals surface area (Å²) in [6.07, 6.45) is 3.04. The summed E-state index contributed by atoms with van der Waals surface area (Å²) >= 11 is 0. The van der Waals surface area contributed by atoms with E-state index in [9.17, 15) is 0 Å². The molecular weight excluding hydrogens is 198 g/mol. The highest BCUT2D eigenvalue weighted by molar-refractivity contribution is 5.24. The number of hydrogen-bond acceptors (Lipinski definition) is 2. The lowest BCUT2D eigenvalue weighted by Gasteiger charge is -2.12. The third-order valence-corrected chi connectivity index (χ3v) is 2.74. The Morgan fingerprint density at radius 3 is 2.38 bits per heavy atom. The maximum atomic E-state index is 6.09. The predicted molar refractivity (Wildman–Crippen MR) is 68.5 cm³/mol. The van der Waals surface area contributed by atoms with E-state index in [-0.39, 0.29) is 6.04 Å². The van der Waals surface area contributed by atoms with Crippen LogP contribution in [0.2, 0.25) is 0 Å². The zero-order valence-corrected chi connectivity index (χ0v) is 10.4. The summed E-state index contributed by atoms with van der Waals surface area (Å²) in [6, 6.07) is 8.67. The first-order valence-corrected chi connectivity index (χ1v) is 6.20. The van der Waals surface area contributed by atoms with Crippen molar-refractivity contribution in [3.05, 3.63) is 35.4 Å². The van der Waals surface area contributed by atoms with Crippen LogP contribution in [0.25, 0.3) is 0 Å². The summed E-state index contributed by atoms with van der Waals surface area (Å²) in [5.74, 6) is 0. The molecule has 0 amide bonds. The molecule has 1 rings (SSSR count). The Balaban J connectivity index is 2.37. The van der Waals surface area contributed by atoms with Crippen molar-refractivity contribution in [1.82, 2.24) is 0 Å². The molecule has 1 aromatic carbocycles. The Kier molecular flexibility index (Phi) is 6.12. The summed E-state index contributed by atoms with van der Waals surface area (Å²) in [4.78, 5) is 0. The zero-order chi connectivity index (χ0) is 11.8. The van der Waals surface area contributed by atoms with Gasteiger partial charge in [-0.1, -0.05) is 38.1 Å². The van der Waals surface area contributed by atoms with Gasteiger partial charge < -0.3 is 10.5 Å². The molecule has 1 atom stereocenters. The molecule has 1 unspecified atom stereocenters. The molecule has 90 valence electrons. The normalized spacial score (nSPS) is 12.7. The molecule has 0 saturated carbocycles. The van der Waals surface area contributed by atoms with Crippen LogP contribution < -0.4 is 5.73 Å². The largest absolute Gasteiger partial charge is 0.381 e. The predicted octanol–water partition coefficient (Wildman–Crippen LogP) is 3.07. The lowest BCUT2D eigenvalue weighted by Crippen LogP contribution is -2.13. The van der Waals surface area contributed by atoms with Crippen LogP contribution in [0.15, 0.2) is 24.3 Å². The molecule has 0 aliphatic heterocycles. The zero-order valence-electron chi connectivity index (χ0n) is 10.4. The van der Waals surface area contributed by atoms with Crippen LogP contribution in [0.5, 0.6) is 0 Å². The van der Waals surface area contributed by atoms with Crippen LogP contribution in [0.4, 0.5) is 0 Å². The average molecular weight is 221 g/mol. The van der Waals surface area contributed by atoms with Crippen molar-refractivity contribution in [2.24, 2.45) is 5.73 Å². The molecule has 0 bridgehead atoms. The van der Waals surface area contributed by atoms with E-state index in [1.54, 1.807) is 0 Å². The van der Waals surface area contributed by atoms with Crippen LogP contribution in [-0.2, 0) is 11.2 Å². The quantitative estimate of drug-likeness (QED) is 0.718. The van der Waals surface area contributed by atoms with Gasteiger partial charge in [0.1, 0.15) is 0 Å². The van der Waals surface area contributed by atoms with Gasteiger partial charge in [0.15, 0.2) is 0 Å². The maximum absolute atomic E-state index is 6.09. The highest BCUT2D eigenvalue weighted by Crippen LogP contribution is 2.15. The van der Waals surface area contributed by atoms with Gasteiger partial charge in [0.05, 0.1) is 0 Å². The lowest BCUT2D eigenvalue weighted by molar-refractivity contribution is 0.128. The Morgan fingerprint density at radius 2 is 1.81 bits per heavy atom. The Hall–Kier alpha value is -0.860. The van der Waals surface area contributed by atoms with E-state index in [0.717, 1.165) is 32.5 Å². The molecule has 0 fully saturated rings. The van der Waals surface area contributed by atoms with E-state index in [4.69, 9.17) is 10.5 Å². The number of rotatable bonds is 7. The minimum absolute atomic E-state index is 0.0998. The van der Waals surface area contributed by atoms with Gasteiger partial charge in [-0.15, -0.1) is 0 Å². The van der Waals surface area contributed by atoms with Gasteiger partial charge in [-0.2, -0.15) is 0 Å². The van der Waals surface area contributed by atoms with Gasteiger partial charge in [0.2, 0.25) is 0 Å². The van der Waals surface area contributed by atoms with Gasteiger partial charge in [-0.25, -0.2) is 0 Å². The first kappa shape index (κ1) is 13.2. The maximum Gasteiger partial charge on any atom is 0.0484 e. The number of benzene rings is 1. The number of hydrogen-bond donors (Lipinski definition) is 1. The summed E-state index contributed by atoms with van der Waals surface area (Å²) in [5.41, 5.74) is 8.65. The number of aryl methyl sites for hydroxylation is 1. The van der Waals surface area contributed by atoms with E-state index >= 15 is 0 Å². The summed E-state index contributed by atoms with van der Waals surface area (Å²) in [7, 11) is 0. The molecule has 2 N–H and O–H groups in total. The first-order valence-electron chi connectivity index (χ1n) is 6.20. The fourth-order valence-corrected chi connectivity index (χ4v) is 1.62. The van der Waals surface area contributed by atoms with Crippen molar-refractivity contribution >= 4 is 0 Å². The lowest BCUT2D eigenvalue weighted by atomic mass is 10.0. The number of ether oxygens (including phenoxy) is 1. The van der Waals surface area contributed by atoms with Crippen molar-refractivity contribution in [1.29, 1.82) is 0 Å². The van der Waals surface area contributed by atoms with Gasteiger partial charge >= 0.3 is 0 Å². The standard InChI is InChI=1S/C14H23NO/c1-3-10-16-11-9-14(15)13-7-5-12(4-2)6-8-13/h5-8,14H,3-4,9-11,15H2,1-2H3. The molecule has 0 spiro atoms. The molecule has 0 radical (unpaired) electrons. The fraction of sp³-hybridized carbons (Fsp3) is 0.571. The van der Waals surface area contributed by atoms with Crippen molar-refractivity contribution in [2.75, 3.05) is 13.2 Å². The molecule has 0 aliphatic rings. The van der Waals surface area contributed by atoms with Crippen LogP contribution in [0.1, 0.15) is 43.9 Å². The molecule has 2 nitrogen and oxygen atoms in total. The van der Waals surface area contributed by atoms with E-state index in [1.807, 2.05) is 0 Å². The van der Waals surface area contributed by atoms with E-state index < -0.39 is 0 Å². The van der Waals surface area contributed by atoms with Crippen molar-refractivity contribution in [2.45, 2.75) is 39.2 Å². The summed E-state index contributed by atoms with van der Waals surface area (Å²) < 4.78 is 5.44. The van der Waals surface area contributed by atoms with Gasteiger partial charge in [-0.05, 0) is 30.4 Å². The molecule has 16 heavy (non-hydrogen) atoms. The van der Waals surface area contributed by atoms with Gasteiger partial charge in [-0.3, -0.25) is 0 Å². The molecule has 2 heteroatoms. The summed E-state index contributed by atoms with van der Waals surface area (Å²) in [6.45, 7) is 5.86. The fourth-order valence-electron chi connectivity index (χ4n) is 1.62. The molecule has 1 aromatic rings. The van der Waals surface area contributed by atoms with Crippen molar-refractivity contribution in [3.8, 4) is 0 Å². The van der Waals surface area contributed by atoms with Gasteiger partial charge in [0.25, 0.3) is 0 Å². The van der Waals surface area contributed by atoms with Crippen LogP contribution in [0, 0.1) is 0 Å². The summed E-state index contributed by atoms with van der Waals surface area (Å²) in [5, 5.41) is 0. The Labute approximate surface area is 98.8 Å². The second-order valence-corrected chi connectivity index (χ2v) is 4.10. The molecule has 0 aromatic heterocycles. The van der Waals surface area contributed by atoms with E-state index in [0.29, 0.717) is 0 Å². The minimum atomic E-state index is 0.0998. The van der Waals surface area contributed by atoms with Crippen LogP contribution in [0.3, 0.4) is 0 Å². The van der Waals surface area contributed by atoms with E-state index in [2.05, 4.69) is 38.1 Å². The SMILES string of the molecule is CCCOCCC(N)c1ccc(CC)cc1. The second kappa shape index (κ2) is 7.42. The van der Waals surface area contributed by atoms with Crippen molar-refractivity contribution in [3.63, 3.8) is 0 Å². The van der Waals surface area contributed by atoms with Crippen LogP contribution >= 0.6 is 0 Å².